The number of likely N-dealkylation sites (tertiary alicyclic amines) is 2. The van der Waals surface area contributed by atoms with Gasteiger partial charge >= 0.3 is 6.03 Å². The standard InChI is InChI=1S/C28H27F2N3O2/c29-20-4-9-26(10-5-20)35-27-11-6-22(7-12-27)31-28(34)33-17-24-15-25(33)16-32(24)23-8-2-18-13-21(30)3-1-19(18)14-23/h1,3-7,9-13,23-25H,2,8,14-17H2,(H,31,34). The third-order valence-corrected chi connectivity index (χ3v) is 7.54. The van der Waals surface area contributed by atoms with E-state index < -0.39 is 0 Å². The van der Waals surface area contributed by atoms with Crippen LogP contribution < -0.4 is 10.1 Å². The summed E-state index contributed by atoms with van der Waals surface area (Å²) in [5.41, 5.74) is 3.10. The second-order valence-corrected chi connectivity index (χ2v) is 9.71. The molecule has 3 aromatic rings. The number of piperazine rings is 1. The van der Waals surface area contributed by atoms with Crippen molar-refractivity contribution in [3.05, 3.63) is 89.5 Å². The maximum absolute atomic E-state index is 13.5. The number of halogens is 2. The van der Waals surface area contributed by atoms with Crippen LogP contribution in [0.3, 0.4) is 0 Å². The Morgan fingerprint density at radius 1 is 0.829 bits per heavy atom. The number of nitrogens with one attached hydrogen (secondary N) is 1. The first-order valence-electron chi connectivity index (χ1n) is 12.2. The Labute approximate surface area is 203 Å². The van der Waals surface area contributed by atoms with Crippen molar-refractivity contribution in [2.45, 2.75) is 43.8 Å². The molecule has 3 unspecified atom stereocenters. The highest BCUT2D eigenvalue weighted by atomic mass is 19.1. The van der Waals surface area contributed by atoms with Gasteiger partial charge in [-0.2, -0.15) is 0 Å². The lowest BCUT2D eigenvalue weighted by Gasteiger charge is -2.40. The number of benzene rings is 3. The van der Waals surface area contributed by atoms with E-state index in [0.29, 0.717) is 29.3 Å². The Morgan fingerprint density at radius 3 is 2.26 bits per heavy atom. The second-order valence-electron chi connectivity index (χ2n) is 9.71. The van der Waals surface area contributed by atoms with Crippen molar-refractivity contribution in [1.29, 1.82) is 0 Å². The largest absolute Gasteiger partial charge is 0.457 e. The lowest BCUT2D eigenvalue weighted by molar-refractivity contribution is 0.101. The van der Waals surface area contributed by atoms with E-state index in [1.807, 2.05) is 11.0 Å². The summed E-state index contributed by atoms with van der Waals surface area (Å²) >= 11 is 0. The molecule has 180 valence electrons. The molecule has 3 aliphatic rings. The van der Waals surface area contributed by atoms with E-state index in [-0.39, 0.29) is 23.7 Å². The summed E-state index contributed by atoms with van der Waals surface area (Å²) in [6.07, 6.45) is 3.91. The van der Waals surface area contributed by atoms with E-state index in [9.17, 15) is 13.6 Å². The average molecular weight is 476 g/mol. The van der Waals surface area contributed by atoms with Gasteiger partial charge in [-0.3, -0.25) is 4.90 Å². The summed E-state index contributed by atoms with van der Waals surface area (Å²) in [7, 11) is 0. The van der Waals surface area contributed by atoms with Crippen molar-refractivity contribution in [2.24, 2.45) is 0 Å². The van der Waals surface area contributed by atoms with E-state index in [2.05, 4.69) is 10.2 Å². The minimum atomic E-state index is -0.310. The SMILES string of the molecule is O=C(Nc1ccc(Oc2ccc(F)cc2)cc1)N1CC2CC1CN2C1CCc2cc(F)ccc2C1. The van der Waals surface area contributed by atoms with Gasteiger partial charge in [0.1, 0.15) is 23.1 Å². The van der Waals surface area contributed by atoms with Gasteiger partial charge in [0.2, 0.25) is 0 Å². The second kappa shape index (κ2) is 8.96. The number of nitrogens with zero attached hydrogens (tertiary/aromatic N) is 2. The summed E-state index contributed by atoms with van der Waals surface area (Å²) in [5, 5.41) is 3.01. The first kappa shape index (κ1) is 22.0. The zero-order valence-electron chi connectivity index (χ0n) is 19.3. The van der Waals surface area contributed by atoms with Crippen LogP contribution in [0.5, 0.6) is 11.5 Å². The van der Waals surface area contributed by atoms with Crippen LogP contribution in [0.4, 0.5) is 19.3 Å². The van der Waals surface area contributed by atoms with Gasteiger partial charge in [0.25, 0.3) is 0 Å². The summed E-state index contributed by atoms with van der Waals surface area (Å²) in [6, 6.07) is 19.2. The van der Waals surface area contributed by atoms with Crippen molar-refractivity contribution >= 4 is 11.7 Å². The molecule has 2 amide bonds. The van der Waals surface area contributed by atoms with Crippen LogP contribution in [-0.4, -0.2) is 47.0 Å². The molecule has 2 fully saturated rings. The van der Waals surface area contributed by atoms with E-state index in [1.54, 1.807) is 48.5 Å². The van der Waals surface area contributed by atoms with Crippen LogP contribution in [0.1, 0.15) is 24.0 Å². The van der Waals surface area contributed by atoms with Crippen molar-refractivity contribution in [3.63, 3.8) is 0 Å². The van der Waals surface area contributed by atoms with E-state index >= 15 is 0 Å². The van der Waals surface area contributed by atoms with Crippen molar-refractivity contribution in [3.8, 4) is 11.5 Å². The first-order valence-corrected chi connectivity index (χ1v) is 12.2. The minimum Gasteiger partial charge on any atom is -0.457 e. The number of anilines is 1. The quantitative estimate of drug-likeness (QED) is 0.534. The molecule has 0 radical (unpaired) electrons. The number of carbonyl (C=O) groups is 1. The molecule has 0 aromatic heterocycles. The molecule has 0 spiro atoms. The summed E-state index contributed by atoms with van der Waals surface area (Å²) in [5.74, 6) is 0.700. The van der Waals surface area contributed by atoms with Crippen molar-refractivity contribution < 1.29 is 18.3 Å². The van der Waals surface area contributed by atoms with Gasteiger partial charge in [-0.25, -0.2) is 13.6 Å². The van der Waals surface area contributed by atoms with Gasteiger partial charge in [-0.1, -0.05) is 6.07 Å². The Morgan fingerprint density at radius 2 is 1.54 bits per heavy atom. The fourth-order valence-electron chi connectivity index (χ4n) is 5.82. The average Bonchev–Trinajstić information content (AvgIpc) is 3.48. The highest BCUT2D eigenvalue weighted by molar-refractivity contribution is 5.90. The number of fused-ring (bicyclic) bond motifs is 3. The fraction of sp³-hybridized carbons (Fsp3) is 0.321. The zero-order valence-corrected chi connectivity index (χ0v) is 19.3. The Kier molecular flexibility index (Phi) is 5.65. The molecule has 2 bridgehead atoms. The number of amides is 2. The fourth-order valence-corrected chi connectivity index (χ4v) is 5.82. The van der Waals surface area contributed by atoms with E-state index in [1.165, 1.54) is 17.7 Å². The Balaban J connectivity index is 1.04. The van der Waals surface area contributed by atoms with Gasteiger partial charge in [-0.15, -0.1) is 0 Å². The van der Waals surface area contributed by atoms with Crippen LogP contribution in [0.25, 0.3) is 0 Å². The number of aryl methyl sites for hydroxylation is 1. The molecular formula is C28H27F2N3O2. The zero-order chi connectivity index (χ0) is 23.9. The predicted molar refractivity (Wildman–Crippen MR) is 130 cm³/mol. The van der Waals surface area contributed by atoms with Gasteiger partial charge in [0.15, 0.2) is 0 Å². The van der Waals surface area contributed by atoms with Gasteiger partial charge in [-0.05, 0) is 97.5 Å². The molecule has 2 saturated heterocycles. The highest BCUT2D eigenvalue weighted by Gasteiger charge is 2.47. The number of urea groups is 1. The minimum absolute atomic E-state index is 0.0752. The topological polar surface area (TPSA) is 44.8 Å². The molecule has 3 aromatic carbocycles. The van der Waals surface area contributed by atoms with Crippen LogP contribution in [0.15, 0.2) is 66.7 Å². The normalized spacial score (nSPS) is 23.3. The van der Waals surface area contributed by atoms with Crippen LogP contribution in [-0.2, 0) is 12.8 Å². The molecule has 1 aliphatic carbocycles. The third kappa shape index (κ3) is 4.48. The first-order chi connectivity index (χ1) is 17.0. The highest BCUT2D eigenvalue weighted by Crippen LogP contribution is 2.36. The molecule has 1 N–H and O–H groups in total. The summed E-state index contributed by atoms with van der Waals surface area (Å²) in [6.45, 7) is 1.62. The third-order valence-electron chi connectivity index (χ3n) is 7.54. The van der Waals surface area contributed by atoms with E-state index in [4.69, 9.17) is 4.74 Å². The van der Waals surface area contributed by atoms with Gasteiger partial charge in [0.05, 0.1) is 0 Å². The van der Waals surface area contributed by atoms with Crippen LogP contribution >= 0.6 is 0 Å². The molecule has 5 nitrogen and oxygen atoms in total. The Bertz CT molecular complexity index is 1230. The number of carbonyl (C=O) groups excluding carboxylic acids is 1. The Hall–Kier alpha value is -3.45. The monoisotopic (exact) mass is 475 g/mol. The number of hydrogen-bond acceptors (Lipinski definition) is 3. The molecule has 0 saturated carbocycles. The molecule has 35 heavy (non-hydrogen) atoms. The maximum Gasteiger partial charge on any atom is 0.322 e. The van der Waals surface area contributed by atoms with Gasteiger partial charge in [0, 0.05) is 36.9 Å². The molecule has 6 rings (SSSR count). The molecular weight excluding hydrogens is 448 g/mol. The van der Waals surface area contributed by atoms with E-state index in [0.717, 1.165) is 44.3 Å². The van der Waals surface area contributed by atoms with Crippen molar-refractivity contribution in [1.82, 2.24) is 9.80 Å². The van der Waals surface area contributed by atoms with Crippen LogP contribution in [0.2, 0.25) is 0 Å². The van der Waals surface area contributed by atoms with Crippen molar-refractivity contribution in [2.75, 3.05) is 18.4 Å². The molecule has 3 atom stereocenters. The lowest BCUT2D eigenvalue weighted by Crippen LogP contribution is -2.54. The van der Waals surface area contributed by atoms with Crippen LogP contribution in [0, 0.1) is 11.6 Å². The summed E-state index contributed by atoms with van der Waals surface area (Å²) in [4.78, 5) is 17.5. The lowest BCUT2D eigenvalue weighted by atomic mass is 9.87. The number of ether oxygens (including phenoxy) is 1. The maximum atomic E-state index is 13.5. The smallest absolute Gasteiger partial charge is 0.322 e. The summed E-state index contributed by atoms with van der Waals surface area (Å²) < 4.78 is 32.3. The molecule has 2 aliphatic heterocycles. The number of rotatable bonds is 4. The molecule has 2 heterocycles. The predicted octanol–water partition coefficient (Wildman–Crippen LogP) is 5.61. The van der Waals surface area contributed by atoms with Gasteiger partial charge < -0.3 is 15.0 Å². The molecule has 7 heteroatoms. The number of hydrogen-bond donors (Lipinski definition) is 1.